The monoisotopic (exact) mass is 439 g/mol. The smallest absolute Gasteiger partial charge is 0.237 e. The fourth-order valence-electron chi connectivity index (χ4n) is 3.04. The van der Waals surface area contributed by atoms with Crippen LogP contribution in [0.1, 0.15) is 31.1 Å². The minimum atomic E-state index is 0.485. The third-order valence-corrected chi connectivity index (χ3v) is 5.63. The predicted octanol–water partition coefficient (Wildman–Crippen LogP) is 5.52. The van der Waals surface area contributed by atoms with E-state index in [9.17, 15) is 0 Å². The lowest BCUT2D eigenvalue weighted by atomic mass is 10.1. The summed E-state index contributed by atoms with van der Waals surface area (Å²) in [6.45, 7) is 4.93. The van der Waals surface area contributed by atoms with Crippen LogP contribution in [0, 0.1) is 5.92 Å². The molecule has 30 heavy (non-hydrogen) atoms. The van der Waals surface area contributed by atoms with Gasteiger partial charge in [-0.3, -0.25) is 4.57 Å². The Labute approximate surface area is 184 Å². The zero-order valence-electron chi connectivity index (χ0n) is 16.8. The summed E-state index contributed by atoms with van der Waals surface area (Å²) >= 11 is 7.59. The van der Waals surface area contributed by atoms with Gasteiger partial charge >= 0.3 is 0 Å². The van der Waals surface area contributed by atoms with Crippen molar-refractivity contribution >= 4 is 23.4 Å². The summed E-state index contributed by atoms with van der Waals surface area (Å²) < 4.78 is 7.50. The van der Waals surface area contributed by atoms with Gasteiger partial charge in [-0.05, 0) is 35.7 Å². The maximum Gasteiger partial charge on any atom is 0.237 e. The Bertz CT molecular complexity index is 1090. The first kappa shape index (κ1) is 20.6. The molecule has 2 heterocycles. The Morgan fingerprint density at radius 2 is 1.80 bits per heavy atom. The first-order chi connectivity index (χ1) is 14.6. The van der Waals surface area contributed by atoms with E-state index in [1.807, 2.05) is 42.5 Å². The maximum absolute atomic E-state index is 6.05. The normalized spacial score (nSPS) is 11.3. The molecule has 4 rings (SSSR count). The summed E-state index contributed by atoms with van der Waals surface area (Å²) in [5, 5.41) is 14.4. The van der Waals surface area contributed by atoms with Gasteiger partial charge in [-0.1, -0.05) is 72.7 Å². The molecule has 154 valence electrons. The lowest BCUT2D eigenvalue weighted by molar-refractivity contribution is 0.382. The van der Waals surface area contributed by atoms with Gasteiger partial charge in [0, 0.05) is 17.0 Å². The molecule has 4 aromatic rings. The number of nitrogens with zero attached hydrogens (tertiary/aromatic N) is 5. The van der Waals surface area contributed by atoms with Crippen LogP contribution in [-0.4, -0.2) is 24.9 Å². The highest BCUT2D eigenvalue weighted by Gasteiger charge is 2.17. The van der Waals surface area contributed by atoms with Crippen molar-refractivity contribution in [2.75, 3.05) is 0 Å². The molecular weight excluding hydrogens is 418 g/mol. The molecule has 0 atom stereocenters. The Kier molecular flexibility index (Phi) is 6.50. The van der Waals surface area contributed by atoms with E-state index >= 15 is 0 Å². The molecule has 2 aromatic heterocycles. The third-order valence-electron chi connectivity index (χ3n) is 4.43. The molecular formula is C22H22ClN5OS. The average molecular weight is 440 g/mol. The molecule has 2 aromatic carbocycles. The van der Waals surface area contributed by atoms with Crippen molar-refractivity contribution in [3.05, 3.63) is 76.9 Å². The molecule has 0 aliphatic heterocycles. The van der Waals surface area contributed by atoms with E-state index < -0.39 is 0 Å². The highest BCUT2D eigenvalue weighted by molar-refractivity contribution is 7.98. The van der Waals surface area contributed by atoms with Gasteiger partial charge in [0.15, 0.2) is 16.8 Å². The van der Waals surface area contributed by atoms with Crippen LogP contribution in [0.3, 0.4) is 0 Å². The molecule has 0 N–H and O–H groups in total. The van der Waals surface area contributed by atoms with E-state index in [1.54, 1.807) is 0 Å². The van der Waals surface area contributed by atoms with Crippen molar-refractivity contribution in [3.63, 3.8) is 0 Å². The topological polar surface area (TPSA) is 69.6 Å². The standard InChI is InChI=1S/C22H22ClN5OS/c1-15(2)12-19-24-20(29-27-19)14-30-22-26-25-21(17-8-10-18(23)11-9-17)28(22)13-16-6-4-3-5-7-16/h3-11,15H,12-14H2,1-2H3. The van der Waals surface area contributed by atoms with Crippen molar-refractivity contribution in [3.8, 4) is 11.4 Å². The average Bonchev–Trinajstić information content (AvgIpc) is 3.34. The Morgan fingerprint density at radius 1 is 1.03 bits per heavy atom. The molecule has 0 spiro atoms. The fraction of sp³-hybridized carbons (Fsp3) is 0.273. The predicted molar refractivity (Wildman–Crippen MR) is 118 cm³/mol. The fourth-order valence-corrected chi connectivity index (χ4v) is 3.94. The van der Waals surface area contributed by atoms with Gasteiger partial charge in [0.25, 0.3) is 0 Å². The molecule has 0 aliphatic carbocycles. The van der Waals surface area contributed by atoms with Gasteiger partial charge in [-0.2, -0.15) is 4.98 Å². The summed E-state index contributed by atoms with van der Waals surface area (Å²) in [6.07, 6.45) is 0.805. The first-order valence-corrected chi connectivity index (χ1v) is 11.1. The SMILES string of the molecule is CC(C)Cc1noc(CSc2nnc(-c3ccc(Cl)cc3)n2Cc2ccccc2)n1. The number of rotatable bonds is 8. The van der Waals surface area contributed by atoms with Crippen molar-refractivity contribution in [1.29, 1.82) is 0 Å². The van der Waals surface area contributed by atoms with Crippen LogP contribution < -0.4 is 0 Å². The van der Waals surface area contributed by atoms with Crippen LogP contribution in [-0.2, 0) is 18.7 Å². The van der Waals surface area contributed by atoms with Crippen LogP contribution in [0.25, 0.3) is 11.4 Å². The molecule has 0 saturated carbocycles. The zero-order chi connectivity index (χ0) is 20.9. The number of hydrogen-bond donors (Lipinski definition) is 0. The molecule has 0 saturated heterocycles. The highest BCUT2D eigenvalue weighted by Crippen LogP contribution is 2.28. The number of halogens is 1. The van der Waals surface area contributed by atoms with Gasteiger partial charge in [0.1, 0.15) is 0 Å². The van der Waals surface area contributed by atoms with Crippen LogP contribution in [0.15, 0.2) is 64.3 Å². The molecule has 0 amide bonds. The van der Waals surface area contributed by atoms with Crippen molar-refractivity contribution < 1.29 is 4.52 Å². The summed E-state index contributed by atoms with van der Waals surface area (Å²) in [6, 6.07) is 17.9. The van der Waals surface area contributed by atoms with Gasteiger partial charge in [0.05, 0.1) is 12.3 Å². The molecule has 0 aliphatic rings. The minimum Gasteiger partial charge on any atom is -0.338 e. The minimum absolute atomic E-state index is 0.485. The summed E-state index contributed by atoms with van der Waals surface area (Å²) in [4.78, 5) is 4.48. The second-order valence-electron chi connectivity index (χ2n) is 7.38. The van der Waals surface area contributed by atoms with Crippen LogP contribution in [0.4, 0.5) is 0 Å². The second kappa shape index (κ2) is 9.45. The maximum atomic E-state index is 6.05. The van der Waals surface area contributed by atoms with E-state index in [0.717, 1.165) is 28.8 Å². The third kappa shape index (κ3) is 5.09. The van der Waals surface area contributed by atoms with Gasteiger partial charge in [-0.25, -0.2) is 0 Å². The zero-order valence-corrected chi connectivity index (χ0v) is 18.4. The quantitative estimate of drug-likeness (QED) is 0.336. The van der Waals surface area contributed by atoms with Gasteiger partial charge < -0.3 is 4.52 Å². The largest absolute Gasteiger partial charge is 0.338 e. The summed E-state index contributed by atoms with van der Waals surface area (Å²) in [7, 11) is 0. The number of thioether (sulfide) groups is 1. The molecule has 0 radical (unpaired) electrons. The van der Waals surface area contributed by atoms with Crippen molar-refractivity contribution in [1.82, 2.24) is 24.9 Å². The molecule has 8 heteroatoms. The number of benzene rings is 2. The van der Waals surface area contributed by atoms with Crippen molar-refractivity contribution in [2.45, 2.75) is 37.7 Å². The van der Waals surface area contributed by atoms with Crippen LogP contribution in [0.2, 0.25) is 5.02 Å². The van der Waals surface area contributed by atoms with Crippen molar-refractivity contribution in [2.24, 2.45) is 5.92 Å². The van der Waals surface area contributed by atoms with E-state index in [-0.39, 0.29) is 0 Å². The summed E-state index contributed by atoms with van der Waals surface area (Å²) in [5.74, 6) is 3.16. The lowest BCUT2D eigenvalue weighted by Crippen LogP contribution is -2.04. The van der Waals surface area contributed by atoms with Gasteiger partial charge in [0.2, 0.25) is 5.89 Å². The Hall–Kier alpha value is -2.64. The van der Waals surface area contributed by atoms with Gasteiger partial charge in [-0.15, -0.1) is 10.2 Å². The molecule has 6 nitrogen and oxygen atoms in total. The van der Waals surface area contributed by atoms with E-state index in [2.05, 4.69) is 50.9 Å². The van der Waals surface area contributed by atoms with E-state index in [1.165, 1.54) is 17.3 Å². The molecule has 0 fully saturated rings. The summed E-state index contributed by atoms with van der Waals surface area (Å²) in [5.41, 5.74) is 2.14. The number of aromatic nitrogens is 5. The molecule has 0 unspecified atom stereocenters. The number of hydrogen-bond acceptors (Lipinski definition) is 6. The molecule has 0 bridgehead atoms. The lowest BCUT2D eigenvalue weighted by Gasteiger charge is -2.10. The highest BCUT2D eigenvalue weighted by atomic mass is 35.5. The second-order valence-corrected chi connectivity index (χ2v) is 8.75. The first-order valence-electron chi connectivity index (χ1n) is 9.76. The van der Waals surface area contributed by atoms with E-state index in [4.69, 9.17) is 16.1 Å². The van der Waals surface area contributed by atoms with E-state index in [0.29, 0.717) is 29.1 Å². The Morgan fingerprint density at radius 3 is 2.53 bits per heavy atom. The Balaban J connectivity index is 1.58. The van der Waals surface area contributed by atoms with Crippen LogP contribution in [0.5, 0.6) is 0 Å². The van der Waals surface area contributed by atoms with Crippen LogP contribution >= 0.6 is 23.4 Å².